The average Bonchev–Trinajstić information content (AvgIpc) is 3.02. The van der Waals surface area contributed by atoms with Gasteiger partial charge < -0.3 is 10.2 Å². The summed E-state index contributed by atoms with van der Waals surface area (Å²) in [5.74, 6) is -0.836. The van der Waals surface area contributed by atoms with Crippen LogP contribution in [0.25, 0.3) is 0 Å². The number of carbonyl (C=O) groups excluding carboxylic acids is 2. The normalized spacial score (nSPS) is 11.9. The summed E-state index contributed by atoms with van der Waals surface area (Å²) in [5.41, 5.74) is 3.60. The fraction of sp³-hybridized carbons (Fsp3) is 0.278. The predicted molar refractivity (Wildman–Crippen MR) is 181 cm³/mol. The molecule has 1 N–H and O–H groups in total. The number of unbranched alkanes of at least 4 members (excludes halogenated alkanes) is 1. The molecule has 4 aromatic carbocycles. The van der Waals surface area contributed by atoms with Crippen molar-refractivity contribution in [2.24, 2.45) is 0 Å². The van der Waals surface area contributed by atoms with Gasteiger partial charge in [0.2, 0.25) is 11.8 Å². The van der Waals surface area contributed by atoms with E-state index in [1.165, 1.54) is 17.0 Å². The number of benzene rings is 4. The van der Waals surface area contributed by atoms with Crippen molar-refractivity contribution in [1.82, 2.24) is 10.2 Å². The molecule has 0 aliphatic carbocycles. The van der Waals surface area contributed by atoms with Gasteiger partial charge in [0.1, 0.15) is 12.6 Å². The summed E-state index contributed by atoms with van der Waals surface area (Å²) in [6, 6.07) is 29.2. The van der Waals surface area contributed by atoms with E-state index in [9.17, 15) is 18.0 Å². The van der Waals surface area contributed by atoms with Crippen LogP contribution in [-0.2, 0) is 32.6 Å². The van der Waals surface area contributed by atoms with E-state index in [2.05, 4.69) is 5.32 Å². The van der Waals surface area contributed by atoms with Gasteiger partial charge >= 0.3 is 0 Å². The van der Waals surface area contributed by atoms with Crippen LogP contribution in [0, 0.1) is 13.8 Å². The lowest BCUT2D eigenvalue weighted by atomic mass is 10.0. The molecule has 0 aliphatic heterocycles. The largest absolute Gasteiger partial charge is 0.354 e. The molecule has 0 bridgehead atoms. The zero-order chi connectivity index (χ0) is 32.4. The second-order valence-corrected chi connectivity index (χ2v) is 13.4. The van der Waals surface area contributed by atoms with E-state index < -0.39 is 28.5 Å². The van der Waals surface area contributed by atoms with Crippen molar-refractivity contribution < 1.29 is 18.0 Å². The molecule has 45 heavy (non-hydrogen) atoms. The summed E-state index contributed by atoms with van der Waals surface area (Å²) in [6.07, 6.45) is 1.93. The van der Waals surface area contributed by atoms with E-state index in [4.69, 9.17) is 11.6 Å². The van der Waals surface area contributed by atoms with Crippen molar-refractivity contribution in [3.63, 3.8) is 0 Å². The van der Waals surface area contributed by atoms with Gasteiger partial charge in [0.25, 0.3) is 10.0 Å². The van der Waals surface area contributed by atoms with Crippen molar-refractivity contribution in [2.75, 3.05) is 17.4 Å². The second-order valence-electron chi connectivity index (χ2n) is 11.1. The molecule has 0 aromatic heterocycles. The molecule has 4 rings (SSSR count). The Labute approximate surface area is 271 Å². The third-order valence-corrected chi connectivity index (χ3v) is 9.66. The first-order valence-corrected chi connectivity index (χ1v) is 16.9. The quantitative estimate of drug-likeness (QED) is 0.155. The molecular weight excluding hydrogens is 606 g/mol. The average molecular weight is 646 g/mol. The van der Waals surface area contributed by atoms with Crippen LogP contribution < -0.4 is 9.62 Å². The number of amides is 2. The predicted octanol–water partition coefficient (Wildman–Crippen LogP) is 6.71. The van der Waals surface area contributed by atoms with Crippen LogP contribution in [0.15, 0.2) is 108 Å². The van der Waals surface area contributed by atoms with Gasteiger partial charge in [-0.1, -0.05) is 97.7 Å². The summed E-state index contributed by atoms with van der Waals surface area (Å²) in [7, 11) is -4.16. The van der Waals surface area contributed by atoms with Crippen molar-refractivity contribution in [1.29, 1.82) is 0 Å². The highest BCUT2D eigenvalue weighted by atomic mass is 35.5. The van der Waals surface area contributed by atoms with Crippen LogP contribution >= 0.6 is 11.6 Å². The molecule has 0 aliphatic rings. The summed E-state index contributed by atoms with van der Waals surface area (Å²) < 4.78 is 29.4. The molecule has 0 saturated carbocycles. The number of halogens is 1. The van der Waals surface area contributed by atoms with Crippen molar-refractivity contribution >= 4 is 39.1 Å². The minimum absolute atomic E-state index is 0.0171. The fourth-order valence-corrected chi connectivity index (χ4v) is 6.83. The first-order valence-electron chi connectivity index (χ1n) is 15.1. The van der Waals surface area contributed by atoms with E-state index in [-0.39, 0.29) is 23.8 Å². The van der Waals surface area contributed by atoms with Gasteiger partial charge in [-0.05, 0) is 72.9 Å². The molecule has 0 spiro atoms. The second kappa shape index (κ2) is 15.7. The highest BCUT2D eigenvalue weighted by Gasteiger charge is 2.35. The van der Waals surface area contributed by atoms with Gasteiger partial charge in [-0.2, -0.15) is 0 Å². The zero-order valence-corrected chi connectivity index (χ0v) is 27.5. The Bertz CT molecular complexity index is 1680. The van der Waals surface area contributed by atoms with E-state index in [1.54, 1.807) is 48.5 Å². The maximum atomic E-state index is 14.6. The van der Waals surface area contributed by atoms with Gasteiger partial charge in [0.05, 0.1) is 10.6 Å². The molecule has 0 radical (unpaired) electrons. The Kier molecular flexibility index (Phi) is 11.8. The first kappa shape index (κ1) is 33.7. The van der Waals surface area contributed by atoms with Crippen molar-refractivity contribution in [3.8, 4) is 0 Å². The van der Waals surface area contributed by atoms with Crippen molar-refractivity contribution in [3.05, 3.63) is 130 Å². The number of nitrogens with one attached hydrogen (secondary N) is 1. The molecule has 1 atom stereocenters. The lowest BCUT2D eigenvalue weighted by Crippen LogP contribution is -2.53. The SMILES string of the molecule is CCCCNC(=O)C(Cc1ccccc1)N(Cc1ccccc1Cl)C(=O)CN(c1cc(C)cc(C)c1)S(=O)(=O)c1ccccc1. The summed E-state index contributed by atoms with van der Waals surface area (Å²) in [4.78, 5) is 29.9. The fourth-order valence-electron chi connectivity index (χ4n) is 5.21. The van der Waals surface area contributed by atoms with Crippen LogP contribution in [0.3, 0.4) is 0 Å². The lowest BCUT2D eigenvalue weighted by Gasteiger charge is -2.34. The Balaban J connectivity index is 1.81. The van der Waals surface area contributed by atoms with E-state index in [0.29, 0.717) is 22.8 Å². The summed E-state index contributed by atoms with van der Waals surface area (Å²) in [5, 5.41) is 3.45. The van der Waals surface area contributed by atoms with E-state index in [1.807, 2.05) is 63.2 Å². The molecule has 0 heterocycles. The summed E-state index contributed by atoms with van der Waals surface area (Å²) >= 11 is 6.56. The third kappa shape index (κ3) is 8.96. The van der Waals surface area contributed by atoms with Gasteiger partial charge in [0.15, 0.2) is 0 Å². The Morgan fingerprint density at radius 2 is 1.44 bits per heavy atom. The standard InChI is InChI=1S/C36H40ClN3O4S/c1-4-5-20-38-36(42)34(24-29-14-8-6-9-15-29)39(25-30-16-12-13-19-33(30)37)35(41)26-40(31-22-27(2)21-28(3)23-31)45(43,44)32-17-10-7-11-18-32/h6-19,21-23,34H,4-5,20,24-26H2,1-3H3,(H,38,42). The molecule has 7 nitrogen and oxygen atoms in total. The molecule has 0 fully saturated rings. The monoisotopic (exact) mass is 645 g/mol. The lowest BCUT2D eigenvalue weighted by molar-refractivity contribution is -0.140. The molecule has 0 saturated heterocycles. The van der Waals surface area contributed by atoms with Gasteiger partial charge in [-0.25, -0.2) is 8.42 Å². The van der Waals surface area contributed by atoms with Crippen molar-refractivity contribution in [2.45, 2.75) is 57.5 Å². The minimum atomic E-state index is -4.16. The molecular formula is C36H40ClN3O4S. The number of aryl methyl sites for hydroxylation is 2. The van der Waals surface area contributed by atoms with Crippen LogP contribution in [-0.4, -0.2) is 44.3 Å². The molecule has 9 heteroatoms. The topological polar surface area (TPSA) is 86.8 Å². The molecule has 236 valence electrons. The number of anilines is 1. The maximum Gasteiger partial charge on any atom is 0.264 e. The number of sulfonamides is 1. The smallest absolute Gasteiger partial charge is 0.264 e. The molecule has 2 amide bonds. The van der Waals surface area contributed by atoms with Crippen LogP contribution in [0.1, 0.15) is 42.0 Å². The first-order chi connectivity index (χ1) is 21.6. The Hall–Kier alpha value is -4.14. The summed E-state index contributed by atoms with van der Waals surface area (Å²) in [6.45, 7) is 5.76. The highest BCUT2D eigenvalue weighted by Crippen LogP contribution is 2.27. The maximum absolute atomic E-state index is 14.6. The molecule has 1 unspecified atom stereocenters. The number of carbonyl (C=O) groups is 2. The number of hydrogen-bond acceptors (Lipinski definition) is 4. The van der Waals surface area contributed by atoms with E-state index in [0.717, 1.165) is 33.8 Å². The number of nitrogens with zero attached hydrogens (tertiary/aromatic N) is 2. The zero-order valence-electron chi connectivity index (χ0n) is 25.9. The number of hydrogen-bond donors (Lipinski definition) is 1. The third-order valence-electron chi connectivity index (χ3n) is 7.50. The van der Waals surface area contributed by atoms with Crippen LogP contribution in [0.4, 0.5) is 5.69 Å². The van der Waals surface area contributed by atoms with Gasteiger partial charge in [-0.15, -0.1) is 0 Å². The number of rotatable bonds is 14. The highest BCUT2D eigenvalue weighted by molar-refractivity contribution is 7.92. The Morgan fingerprint density at radius 1 is 0.844 bits per heavy atom. The van der Waals surface area contributed by atoms with Gasteiger partial charge in [-0.3, -0.25) is 13.9 Å². The molecule has 4 aromatic rings. The Morgan fingerprint density at radius 3 is 2.07 bits per heavy atom. The minimum Gasteiger partial charge on any atom is -0.354 e. The van der Waals surface area contributed by atoms with E-state index >= 15 is 0 Å². The van der Waals surface area contributed by atoms with Crippen LogP contribution in [0.2, 0.25) is 5.02 Å². The van der Waals surface area contributed by atoms with Gasteiger partial charge in [0, 0.05) is 24.5 Å². The van der Waals surface area contributed by atoms with Crippen LogP contribution in [0.5, 0.6) is 0 Å².